The van der Waals surface area contributed by atoms with Gasteiger partial charge in [0.25, 0.3) is 5.91 Å². The Morgan fingerprint density at radius 2 is 2.17 bits per heavy atom. The van der Waals surface area contributed by atoms with E-state index in [0.717, 1.165) is 33.4 Å². The van der Waals surface area contributed by atoms with E-state index in [1.165, 1.54) is 11.3 Å². The van der Waals surface area contributed by atoms with Gasteiger partial charge in [-0.1, -0.05) is 33.3 Å². The topological polar surface area (TPSA) is 60.2 Å². The van der Waals surface area contributed by atoms with Gasteiger partial charge in [-0.3, -0.25) is 9.69 Å². The van der Waals surface area contributed by atoms with Crippen molar-refractivity contribution < 1.29 is 9.53 Å². The average Bonchev–Trinajstić information content (AvgIpc) is 3.39. The monoisotopic (exact) mass is 470 g/mol. The molecule has 0 aliphatic heterocycles. The molecule has 0 fully saturated rings. The van der Waals surface area contributed by atoms with E-state index in [9.17, 15) is 4.79 Å². The fraction of sp³-hybridized carbons (Fsp3) is 0.190. The van der Waals surface area contributed by atoms with Crippen LogP contribution in [0, 0.1) is 0 Å². The van der Waals surface area contributed by atoms with Crippen LogP contribution in [0.1, 0.15) is 16.8 Å². The van der Waals surface area contributed by atoms with Crippen molar-refractivity contribution in [3.8, 4) is 5.75 Å². The van der Waals surface area contributed by atoms with E-state index in [1.807, 2.05) is 53.2 Å². The Hall–Kier alpha value is -2.71. The number of aromatic nitrogens is 3. The zero-order valence-electron chi connectivity index (χ0n) is 15.8. The molecule has 8 heteroatoms. The Morgan fingerprint density at radius 1 is 1.28 bits per heavy atom. The summed E-state index contributed by atoms with van der Waals surface area (Å²) in [6, 6.07) is 13.2. The van der Waals surface area contributed by atoms with Crippen molar-refractivity contribution in [2.75, 3.05) is 18.6 Å². The van der Waals surface area contributed by atoms with Crippen LogP contribution in [0.3, 0.4) is 0 Å². The fourth-order valence-corrected chi connectivity index (χ4v) is 4.44. The van der Waals surface area contributed by atoms with E-state index in [4.69, 9.17) is 9.72 Å². The van der Waals surface area contributed by atoms with Gasteiger partial charge in [0, 0.05) is 35.5 Å². The van der Waals surface area contributed by atoms with Gasteiger partial charge in [-0.15, -0.1) is 0 Å². The maximum atomic E-state index is 13.3. The molecule has 1 amide bonds. The Morgan fingerprint density at radius 3 is 2.93 bits per heavy atom. The maximum absolute atomic E-state index is 13.3. The smallest absolute Gasteiger partial charge is 0.260 e. The summed E-state index contributed by atoms with van der Waals surface area (Å²) < 4.78 is 9.18. The lowest BCUT2D eigenvalue weighted by Crippen LogP contribution is -2.32. The molecule has 0 unspecified atom stereocenters. The number of halogens is 1. The van der Waals surface area contributed by atoms with Crippen LogP contribution >= 0.6 is 27.3 Å². The molecular formula is C21H19BrN4O2S. The van der Waals surface area contributed by atoms with Gasteiger partial charge in [-0.05, 0) is 42.8 Å². The van der Waals surface area contributed by atoms with Crippen LogP contribution in [0.4, 0.5) is 5.13 Å². The van der Waals surface area contributed by atoms with Gasteiger partial charge >= 0.3 is 0 Å². The lowest BCUT2D eigenvalue weighted by atomic mass is 10.2. The Kier molecular flexibility index (Phi) is 5.92. The van der Waals surface area contributed by atoms with Crippen LogP contribution in [-0.2, 0) is 6.54 Å². The largest absolute Gasteiger partial charge is 0.497 e. The van der Waals surface area contributed by atoms with Crippen molar-refractivity contribution in [2.24, 2.45) is 0 Å². The molecule has 4 rings (SSSR count). The number of nitrogens with zero attached hydrogens (tertiary/aromatic N) is 4. The molecule has 6 nitrogen and oxygen atoms in total. The third-order valence-electron chi connectivity index (χ3n) is 4.49. The summed E-state index contributed by atoms with van der Waals surface area (Å²) in [6.07, 6.45) is 6.25. The summed E-state index contributed by atoms with van der Waals surface area (Å²) in [5.41, 5.74) is 1.48. The highest BCUT2D eigenvalue weighted by molar-refractivity contribution is 9.10. The Bertz CT molecular complexity index is 1130. The fourth-order valence-electron chi connectivity index (χ4n) is 3.03. The van der Waals surface area contributed by atoms with Gasteiger partial charge in [0.2, 0.25) is 0 Å². The standard InChI is InChI=1S/C21H19BrN4O2S/c1-28-17-6-7-18-19(13-17)29-21(24-18)26(10-3-9-25-11-8-23-14-25)20(27)15-4-2-5-16(22)12-15/h2,4-8,11-14H,3,9-10H2,1H3. The number of methoxy groups -OCH3 is 1. The summed E-state index contributed by atoms with van der Waals surface area (Å²) in [6.45, 7) is 1.33. The predicted octanol–water partition coefficient (Wildman–Crippen LogP) is 5.00. The van der Waals surface area contributed by atoms with Crippen LogP contribution < -0.4 is 9.64 Å². The Balaban J connectivity index is 1.64. The minimum atomic E-state index is -0.0667. The minimum Gasteiger partial charge on any atom is -0.497 e. The van der Waals surface area contributed by atoms with Gasteiger partial charge in [-0.25, -0.2) is 9.97 Å². The van der Waals surface area contributed by atoms with E-state index < -0.39 is 0 Å². The number of hydrogen-bond donors (Lipinski definition) is 0. The molecule has 0 saturated carbocycles. The minimum absolute atomic E-state index is 0.0667. The van der Waals surface area contributed by atoms with Gasteiger partial charge in [0.1, 0.15) is 5.75 Å². The Labute approximate surface area is 180 Å². The molecule has 0 saturated heterocycles. The van der Waals surface area contributed by atoms with E-state index >= 15 is 0 Å². The maximum Gasteiger partial charge on any atom is 0.260 e. The number of aryl methyl sites for hydroxylation is 1. The number of ether oxygens (including phenoxy) is 1. The SMILES string of the molecule is COc1ccc2nc(N(CCCn3ccnc3)C(=O)c3cccc(Br)c3)sc2c1. The number of fused-ring (bicyclic) bond motifs is 1. The molecule has 2 aromatic carbocycles. The number of benzene rings is 2. The third-order valence-corrected chi connectivity index (χ3v) is 6.02. The molecule has 0 spiro atoms. The second-order valence-corrected chi connectivity index (χ2v) is 8.38. The van der Waals surface area contributed by atoms with E-state index in [-0.39, 0.29) is 5.91 Å². The summed E-state index contributed by atoms with van der Waals surface area (Å²) in [7, 11) is 1.64. The van der Waals surface area contributed by atoms with Crippen LogP contribution in [-0.4, -0.2) is 34.1 Å². The molecule has 0 N–H and O–H groups in total. The first-order valence-electron chi connectivity index (χ1n) is 9.12. The normalized spacial score (nSPS) is 11.0. The first-order chi connectivity index (χ1) is 14.1. The molecule has 0 aliphatic carbocycles. The summed E-state index contributed by atoms with van der Waals surface area (Å²) in [5, 5.41) is 0.684. The van der Waals surface area contributed by atoms with Crippen molar-refractivity contribution in [3.05, 3.63) is 71.2 Å². The number of carbonyl (C=O) groups is 1. The van der Waals surface area contributed by atoms with Crippen LogP contribution in [0.15, 0.2) is 65.7 Å². The van der Waals surface area contributed by atoms with Crippen molar-refractivity contribution in [1.29, 1.82) is 0 Å². The van der Waals surface area contributed by atoms with E-state index in [1.54, 1.807) is 24.5 Å². The zero-order valence-corrected chi connectivity index (χ0v) is 18.2. The number of hydrogen-bond acceptors (Lipinski definition) is 5. The molecule has 148 valence electrons. The number of rotatable bonds is 7. The lowest BCUT2D eigenvalue weighted by Gasteiger charge is -2.20. The highest BCUT2D eigenvalue weighted by atomic mass is 79.9. The predicted molar refractivity (Wildman–Crippen MR) is 119 cm³/mol. The summed E-state index contributed by atoms with van der Waals surface area (Å²) in [5.74, 6) is 0.709. The molecule has 0 aliphatic rings. The molecule has 29 heavy (non-hydrogen) atoms. The molecule has 4 aromatic rings. The number of thiazole rings is 1. The number of imidazole rings is 1. The van der Waals surface area contributed by atoms with Gasteiger partial charge in [-0.2, -0.15) is 0 Å². The third kappa shape index (κ3) is 4.49. The average molecular weight is 471 g/mol. The van der Waals surface area contributed by atoms with Gasteiger partial charge in [0.05, 0.1) is 23.7 Å². The second kappa shape index (κ2) is 8.75. The molecule has 0 atom stereocenters. The molecule has 2 heterocycles. The molecule has 0 radical (unpaired) electrons. The first kappa shape index (κ1) is 19.6. The summed E-state index contributed by atoms with van der Waals surface area (Å²) in [4.78, 5) is 23.9. The van der Waals surface area contributed by atoms with Crippen molar-refractivity contribution in [1.82, 2.24) is 14.5 Å². The number of carbonyl (C=O) groups excluding carboxylic acids is 1. The van der Waals surface area contributed by atoms with Crippen LogP contribution in [0.5, 0.6) is 5.75 Å². The highest BCUT2D eigenvalue weighted by Gasteiger charge is 2.21. The van der Waals surface area contributed by atoms with E-state index in [2.05, 4.69) is 20.9 Å². The summed E-state index contributed by atoms with van der Waals surface area (Å²) >= 11 is 4.94. The van der Waals surface area contributed by atoms with E-state index in [0.29, 0.717) is 17.2 Å². The highest BCUT2D eigenvalue weighted by Crippen LogP contribution is 2.32. The zero-order chi connectivity index (χ0) is 20.2. The lowest BCUT2D eigenvalue weighted by molar-refractivity contribution is 0.0986. The van der Waals surface area contributed by atoms with Crippen LogP contribution in [0.25, 0.3) is 10.2 Å². The molecule has 2 aromatic heterocycles. The number of anilines is 1. The van der Waals surface area contributed by atoms with Crippen molar-refractivity contribution in [3.63, 3.8) is 0 Å². The molecule has 0 bridgehead atoms. The van der Waals surface area contributed by atoms with Crippen LogP contribution in [0.2, 0.25) is 0 Å². The van der Waals surface area contributed by atoms with Crippen molar-refractivity contribution in [2.45, 2.75) is 13.0 Å². The first-order valence-corrected chi connectivity index (χ1v) is 10.7. The van der Waals surface area contributed by atoms with Gasteiger partial charge in [0.15, 0.2) is 5.13 Å². The number of amides is 1. The molecular weight excluding hydrogens is 452 g/mol. The quantitative estimate of drug-likeness (QED) is 0.381. The van der Waals surface area contributed by atoms with Gasteiger partial charge < -0.3 is 9.30 Å². The van der Waals surface area contributed by atoms with Crippen molar-refractivity contribution >= 4 is 48.5 Å². The second-order valence-electron chi connectivity index (χ2n) is 6.45.